The number of benzene rings is 2. The molecule has 4 heteroatoms. The second-order valence-corrected chi connectivity index (χ2v) is 5.32. The normalized spacial score (nSPS) is 15.4. The van der Waals surface area contributed by atoms with Gasteiger partial charge in [0.2, 0.25) is 0 Å². The molecule has 0 fully saturated rings. The number of nitrogens with one attached hydrogen (secondary N) is 1. The molecule has 20 heavy (non-hydrogen) atoms. The third-order valence-electron chi connectivity index (χ3n) is 3.54. The number of rotatable bonds is 2. The summed E-state index contributed by atoms with van der Waals surface area (Å²) in [5.41, 5.74) is 3.09. The summed E-state index contributed by atoms with van der Waals surface area (Å²) >= 11 is 5.94. The molecule has 0 bridgehead atoms. The molecule has 0 saturated carbocycles. The Bertz CT molecular complexity index is 669. The monoisotopic (exact) mass is 287 g/mol. The summed E-state index contributed by atoms with van der Waals surface area (Å²) in [4.78, 5) is 11.8. The maximum absolute atomic E-state index is 11.8. The predicted molar refractivity (Wildman–Crippen MR) is 78.0 cm³/mol. The number of amides is 1. The van der Waals surface area contributed by atoms with Crippen LogP contribution in [-0.2, 0) is 6.42 Å². The number of aliphatic hydroxyl groups is 1. The van der Waals surface area contributed by atoms with Crippen molar-refractivity contribution in [3.05, 3.63) is 69.7 Å². The average molecular weight is 288 g/mol. The van der Waals surface area contributed by atoms with Crippen LogP contribution < -0.4 is 5.32 Å². The Morgan fingerprint density at radius 2 is 1.95 bits per heavy atom. The molecule has 1 aliphatic heterocycles. The van der Waals surface area contributed by atoms with Crippen molar-refractivity contribution in [3.63, 3.8) is 0 Å². The molecule has 2 aromatic rings. The van der Waals surface area contributed by atoms with Gasteiger partial charge in [0.1, 0.15) is 6.10 Å². The molecule has 0 spiro atoms. The van der Waals surface area contributed by atoms with Crippen LogP contribution in [-0.4, -0.2) is 17.6 Å². The van der Waals surface area contributed by atoms with Crippen LogP contribution in [0.1, 0.15) is 33.2 Å². The molecule has 3 rings (SSSR count). The highest BCUT2D eigenvalue weighted by molar-refractivity contribution is 6.30. The minimum Gasteiger partial charge on any atom is -0.384 e. The molecule has 1 heterocycles. The van der Waals surface area contributed by atoms with Crippen molar-refractivity contribution < 1.29 is 9.90 Å². The third-order valence-corrected chi connectivity index (χ3v) is 3.77. The van der Waals surface area contributed by atoms with Gasteiger partial charge in [0, 0.05) is 17.1 Å². The van der Waals surface area contributed by atoms with Crippen molar-refractivity contribution in [1.29, 1.82) is 0 Å². The minimum atomic E-state index is -0.784. The standard InChI is InChI=1S/C16H14ClNO2/c17-13-3-1-2-11(8-13)15(19)12-5-4-10-6-7-18-16(20)14(10)9-12/h1-5,8-9,15,19H,6-7H2,(H,18,20). The lowest BCUT2D eigenvalue weighted by Crippen LogP contribution is -2.31. The van der Waals surface area contributed by atoms with Gasteiger partial charge in [-0.2, -0.15) is 0 Å². The Labute approximate surface area is 122 Å². The van der Waals surface area contributed by atoms with Gasteiger partial charge in [0.15, 0.2) is 0 Å². The van der Waals surface area contributed by atoms with Crippen LogP contribution >= 0.6 is 11.6 Å². The van der Waals surface area contributed by atoms with E-state index in [0.29, 0.717) is 28.3 Å². The molecule has 102 valence electrons. The predicted octanol–water partition coefficient (Wildman–Crippen LogP) is 2.71. The van der Waals surface area contributed by atoms with Crippen LogP contribution in [0.25, 0.3) is 0 Å². The largest absolute Gasteiger partial charge is 0.384 e. The lowest BCUT2D eigenvalue weighted by molar-refractivity contribution is 0.0945. The van der Waals surface area contributed by atoms with E-state index in [-0.39, 0.29) is 5.91 Å². The fraction of sp³-hybridized carbons (Fsp3) is 0.188. The van der Waals surface area contributed by atoms with E-state index in [2.05, 4.69) is 5.32 Å². The first-order valence-corrected chi connectivity index (χ1v) is 6.87. The zero-order chi connectivity index (χ0) is 14.1. The number of carbonyl (C=O) groups excluding carboxylic acids is 1. The van der Waals surface area contributed by atoms with Crippen LogP contribution in [0.15, 0.2) is 42.5 Å². The summed E-state index contributed by atoms with van der Waals surface area (Å²) in [6.45, 7) is 0.669. The summed E-state index contributed by atoms with van der Waals surface area (Å²) in [7, 11) is 0. The SMILES string of the molecule is O=C1NCCc2ccc(C(O)c3cccc(Cl)c3)cc21. The maximum atomic E-state index is 11.8. The summed E-state index contributed by atoms with van der Waals surface area (Å²) in [6, 6.07) is 12.6. The summed E-state index contributed by atoms with van der Waals surface area (Å²) in [5.74, 6) is -0.0774. The fourth-order valence-corrected chi connectivity index (χ4v) is 2.67. The molecule has 1 aliphatic rings. The van der Waals surface area contributed by atoms with E-state index in [1.165, 1.54) is 0 Å². The van der Waals surface area contributed by atoms with Gasteiger partial charge < -0.3 is 10.4 Å². The second-order valence-electron chi connectivity index (χ2n) is 4.88. The topological polar surface area (TPSA) is 49.3 Å². The van der Waals surface area contributed by atoms with E-state index in [9.17, 15) is 9.90 Å². The van der Waals surface area contributed by atoms with E-state index >= 15 is 0 Å². The Morgan fingerprint density at radius 1 is 1.15 bits per heavy atom. The number of aliphatic hydroxyl groups excluding tert-OH is 1. The molecule has 0 saturated heterocycles. The van der Waals surface area contributed by atoms with Crippen molar-refractivity contribution in [1.82, 2.24) is 5.32 Å². The van der Waals surface area contributed by atoms with Crippen LogP contribution in [0.3, 0.4) is 0 Å². The van der Waals surface area contributed by atoms with Gasteiger partial charge in [0.25, 0.3) is 5.91 Å². The Kier molecular flexibility index (Phi) is 3.47. The number of halogens is 1. The molecule has 1 unspecified atom stereocenters. The average Bonchev–Trinajstić information content (AvgIpc) is 2.47. The van der Waals surface area contributed by atoms with Crippen molar-refractivity contribution in [3.8, 4) is 0 Å². The summed E-state index contributed by atoms with van der Waals surface area (Å²) < 4.78 is 0. The Balaban J connectivity index is 1.98. The second kappa shape index (κ2) is 5.27. The van der Waals surface area contributed by atoms with Crippen LogP contribution in [0.2, 0.25) is 5.02 Å². The highest BCUT2D eigenvalue weighted by Gasteiger charge is 2.19. The van der Waals surface area contributed by atoms with Gasteiger partial charge in [-0.15, -0.1) is 0 Å². The lowest BCUT2D eigenvalue weighted by Gasteiger charge is -2.19. The van der Waals surface area contributed by atoms with Gasteiger partial charge in [0.05, 0.1) is 0 Å². The molecular formula is C16H14ClNO2. The van der Waals surface area contributed by atoms with Gasteiger partial charge in [-0.25, -0.2) is 0 Å². The smallest absolute Gasteiger partial charge is 0.251 e. The van der Waals surface area contributed by atoms with Crippen LogP contribution in [0.5, 0.6) is 0 Å². The van der Waals surface area contributed by atoms with Crippen molar-refractivity contribution >= 4 is 17.5 Å². The van der Waals surface area contributed by atoms with Crippen LogP contribution in [0.4, 0.5) is 0 Å². The minimum absolute atomic E-state index is 0.0774. The molecule has 2 N–H and O–H groups in total. The maximum Gasteiger partial charge on any atom is 0.251 e. The summed E-state index contributed by atoms with van der Waals surface area (Å²) in [6.07, 6.45) is 0.0444. The van der Waals surface area contributed by atoms with Crippen LogP contribution in [0, 0.1) is 0 Å². The van der Waals surface area contributed by atoms with E-state index in [4.69, 9.17) is 11.6 Å². The highest BCUT2D eigenvalue weighted by atomic mass is 35.5. The van der Waals surface area contributed by atoms with Crippen molar-refractivity contribution in [2.45, 2.75) is 12.5 Å². The molecule has 1 amide bonds. The Hall–Kier alpha value is -1.84. The zero-order valence-corrected chi connectivity index (χ0v) is 11.5. The quantitative estimate of drug-likeness (QED) is 0.892. The van der Waals surface area contributed by atoms with Gasteiger partial charge in [-0.1, -0.05) is 35.9 Å². The lowest BCUT2D eigenvalue weighted by atomic mass is 9.94. The van der Waals surface area contributed by atoms with E-state index < -0.39 is 6.10 Å². The van der Waals surface area contributed by atoms with Gasteiger partial charge in [-0.3, -0.25) is 4.79 Å². The first kappa shape index (κ1) is 13.2. The number of fused-ring (bicyclic) bond motifs is 1. The van der Waals surface area contributed by atoms with Crippen molar-refractivity contribution in [2.75, 3.05) is 6.54 Å². The molecule has 3 nitrogen and oxygen atoms in total. The zero-order valence-electron chi connectivity index (χ0n) is 10.8. The number of hydrogen-bond donors (Lipinski definition) is 2. The fourth-order valence-electron chi connectivity index (χ4n) is 2.47. The first-order valence-electron chi connectivity index (χ1n) is 6.50. The molecule has 0 radical (unpaired) electrons. The molecule has 0 aromatic heterocycles. The summed E-state index contributed by atoms with van der Waals surface area (Å²) in [5, 5.41) is 13.8. The molecular weight excluding hydrogens is 274 g/mol. The van der Waals surface area contributed by atoms with Gasteiger partial charge in [-0.05, 0) is 41.3 Å². The van der Waals surface area contributed by atoms with E-state index in [1.54, 1.807) is 24.3 Å². The van der Waals surface area contributed by atoms with Crippen molar-refractivity contribution in [2.24, 2.45) is 0 Å². The third kappa shape index (κ3) is 2.42. The Morgan fingerprint density at radius 3 is 2.75 bits per heavy atom. The van der Waals surface area contributed by atoms with E-state index in [1.807, 2.05) is 18.2 Å². The first-order chi connectivity index (χ1) is 9.65. The number of hydrogen-bond acceptors (Lipinski definition) is 2. The number of carbonyl (C=O) groups is 1. The molecule has 1 atom stereocenters. The highest BCUT2D eigenvalue weighted by Crippen LogP contribution is 2.26. The van der Waals surface area contributed by atoms with Gasteiger partial charge >= 0.3 is 0 Å². The molecule has 2 aromatic carbocycles. The van der Waals surface area contributed by atoms with E-state index in [0.717, 1.165) is 12.0 Å². The molecule has 0 aliphatic carbocycles.